The van der Waals surface area contributed by atoms with Crippen molar-refractivity contribution in [2.45, 2.75) is 0 Å². The van der Waals surface area contributed by atoms with E-state index in [0.717, 1.165) is 0 Å². The zero-order valence-electron chi connectivity index (χ0n) is 24.2. The fourth-order valence-electron chi connectivity index (χ4n) is 7.09. The van der Waals surface area contributed by atoms with E-state index in [9.17, 15) is 0 Å². The summed E-state index contributed by atoms with van der Waals surface area (Å²) in [5.41, 5.74) is 7.53. The van der Waals surface area contributed by atoms with E-state index in [1.807, 2.05) is 0 Å². The minimum Gasteiger partial charge on any atom is -0.0616 e. The molecule has 0 amide bonds. The number of hydrogen-bond donors (Lipinski definition) is 0. The Balaban J connectivity index is 1.26. The number of hydrogen-bond acceptors (Lipinski definition) is 0. The molecule has 0 heteroatoms. The molecule has 0 bridgehead atoms. The molecule has 0 aliphatic heterocycles. The van der Waals surface area contributed by atoms with Gasteiger partial charge in [0.25, 0.3) is 0 Å². The monoisotopic (exact) mass is 556 g/mol. The molecule has 9 aromatic carbocycles. The van der Waals surface area contributed by atoms with E-state index in [-0.39, 0.29) is 0 Å². The molecule has 0 aliphatic carbocycles. The smallest absolute Gasteiger partial charge is 0.00923 e. The second-order valence-electron chi connectivity index (χ2n) is 11.7. The van der Waals surface area contributed by atoms with Gasteiger partial charge in [-0.2, -0.15) is 0 Å². The van der Waals surface area contributed by atoms with Crippen molar-refractivity contribution in [2.24, 2.45) is 0 Å². The summed E-state index contributed by atoms with van der Waals surface area (Å²) in [7, 11) is 0. The number of rotatable bonds is 3. The van der Waals surface area contributed by atoms with Gasteiger partial charge in [0.05, 0.1) is 0 Å². The lowest BCUT2D eigenvalue weighted by Gasteiger charge is -2.16. The first-order valence-electron chi connectivity index (χ1n) is 15.3. The zero-order valence-corrected chi connectivity index (χ0v) is 24.2. The molecule has 0 fully saturated rings. The highest BCUT2D eigenvalue weighted by Gasteiger charge is 2.15. The highest BCUT2D eigenvalue weighted by atomic mass is 14.2. The molecule has 9 rings (SSSR count). The molecule has 0 nitrogen and oxygen atoms in total. The Hall–Kier alpha value is -5.72. The maximum absolute atomic E-state index is 2.41. The Morgan fingerprint density at radius 2 is 0.659 bits per heavy atom. The van der Waals surface area contributed by atoms with Crippen LogP contribution in [-0.2, 0) is 0 Å². The minimum absolute atomic E-state index is 1.23. The summed E-state index contributed by atoms with van der Waals surface area (Å²) in [6.45, 7) is 0. The molecule has 0 heterocycles. The van der Waals surface area contributed by atoms with Gasteiger partial charge in [0.1, 0.15) is 0 Å². The molecular formula is C44H28. The Morgan fingerprint density at radius 1 is 0.205 bits per heavy atom. The molecule has 0 atom stereocenters. The van der Waals surface area contributed by atoms with Gasteiger partial charge in [-0.05, 0) is 105 Å². The van der Waals surface area contributed by atoms with E-state index < -0.39 is 0 Å². The third kappa shape index (κ3) is 3.92. The van der Waals surface area contributed by atoms with Crippen LogP contribution in [0.5, 0.6) is 0 Å². The van der Waals surface area contributed by atoms with Gasteiger partial charge in [-0.25, -0.2) is 0 Å². The van der Waals surface area contributed by atoms with Crippen molar-refractivity contribution in [3.05, 3.63) is 170 Å². The molecule has 44 heavy (non-hydrogen) atoms. The van der Waals surface area contributed by atoms with Crippen molar-refractivity contribution >= 4 is 53.9 Å². The van der Waals surface area contributed by atoms with Crippen molar-refractivity contribution in [2.75, 3.05) is 0 Å². The normalized spacial score (nSPS) is 11.6. The molecule has 0 aromatic heterocycles. The third-order valence-corrected chi connectivity index (χ3v) is 9.24. The predicted octanol–water partition coefficient (Wildman–Crippen LogP) is 12.5. The average Bonchev–Trinajstić information content (AvgIpc) is 3.10. The van der Waals surface area contributed by atoms with Gasteiger partial charge in [0, 0.05) is 0 Å². The summed E-state index contributed by atoms with van der Waals surface area (Å²) in [4.78, 5) is 0. The van der Waals surface area contributed by atoms with Crippen molar-refractivity contribution in [3.8, 4) is 33.4 Å². The first kappa shape index (κ1) is 24.8. The van der Waals surface area contributed by atoms with Crippen molar-refractivity contribution in [3.63, 3.8) is 0 Å². The van der Waals surface area contributed by atoms with Crippen LogP contribution >= 0.6 is 0 Å². The lowest BCUT2D eigenvalue weighted by atomic mass is 9.87. The van der Waals surface area contributed by atoms with Gasteiger partial charge in [0.15, 0.2) is 0 Å². The van der Waals surface area contributed by atoms with Crippen LogP contribution in [0.25, 0.3) is 87.2 Å². The Morgan fingerprint density at radius 3 is 1.32 bits per heavy atom. The van der Waals surface area contributed by atoms with E-state index in [4.69, 9.17) is 0 Å². The third-order valence-electron chi connectivity index (χ3n) is 9.24. The van der Waals surface area contributed by atoms with Crippen LogP contribution in [0.15, 0.2) is 170 Å². The number of benzene rings is 9. The predicted molar refractivity (Wildman–Crippen MR) is 190 cm³/mol. The standard InChI is InChI=1S/C44H28/c1-2-12-33-26-34(25-20-29(33)10-1)42-28-44-39-17-7-5-15-37(39)41(27-43(44)40-18-8-6-16-38(40)42)32-23-21-31(22-24-32)36-19-9-13-30-11-3-4-14-35(30)36/h1-28H. The topological polar surface area (TPSA) is 0 Å². The fourth-order valence-corrected chi connectivity index (χ4v) is 7.09. The van der Waals surface area contributed by atoms with Crippen molar-refractivity contribution in [1.82, 2.24) is 0 Å². The Kier molecular flexibility index (Phi) is 5.61. The lowest BCUT2D eigenvalue weighted by molar-refractivity contribution is 1.63. The molecule has 9 aromatic rings. The maximum Gasteiger partial charge on any atom is -0.00923 e. The Bertz CT molecular complexity index is 2530. The van der Waals surface area contributed by atoms with Gasteiger partial charge in [-0.15, -0.1) is 0 Å². The molecule has 0 saturated heterocycles. The summed E-state index contributed by atoms with van der Waals surface area (Å²) < 4.78 is 0. The summed E-state index contributed by atoms with van der Waals surface area (Å²) in [6.07, 6.45) is 0. The maximum atomic E-state index is 2.41. The van der Waals surface area contributed by atoms with Gasteiger partial charge in [-0.1, -0.05) is 152 Å². The highest BCUT2D eigenvalue weighted by Crippen LogP contribution is 2.42. The van der Waals surface area contributed by atoms with Crippen LogP contribution in [0, 0.1) is 0 Å². The van der Waals surface area contributed by atoms with Gasteiger partial charge >= 0.3 is 0 Å². The Labute approximate surface area is 256 Å². The first-order valence-corrected chi connectivity index (χ1v) is 15.3. The van der Waals surface area contributed by atoms with Crippen LogP contribution in [0.3, 0.4) is 0 Å². The van der Waals surface area contributed by atoms with E-state index in [1.54, 1.807) is 0 Å². The van der Waals surface area contributed by atoms with E-state index in [1.165, 1.54) is 87.2 Å². The molecule has 204 valence electrons. The van der Waals surface area contributed by atoms with E-state index in [2.05, 4.69) is 170 Å². The summed E-state index contributed by atoms with van der Waals surface area (Å²) in [5.74, 6) is 0. The average molecular weight is 557 g/mol. The minimum atomic E-state index is 1.23. The van der Waals surface area contributed by atoms with Crippen molar-refractivity contribution in [1.29, 1.82) is 0 Å². The van der Waals surface area contributed by atoms with E-state index in [0.29, 0.717) is 0 Å². The van der Waals surface area contributed by atoms with Gasteiger partial charge < -0.3 is 0 Å². The zero-order chi connectivity index (χ0) is 29.0. The molecule has 0 unspecified atom stereocenters. The SMILES string of the molecule is c1ccc2cc(-c3cc4c5ccccc5c(-c5ccc(-c6cccc7ccccc67)cc5)cc4c4ccccc34)ccc2c1. The van der Waals surface area contributed by atoms with Crippen molar-refractivity contribution < 1.29 is 0 Å². The van der Waals surface area contributed by atoms with Gasteiger partial charge in [-0.3, -0.25) is 0 Å². The fraction of sp³-hybridized carbons (Fsp3) is 0. The van der Waals surface area contributed by atoms with Crippen LogP contribution in [0.2, 0.25) is 0 Å². The van der Waals surface area contributed by atoms with Crippen LogP contribution < -0.4 is 0 Å². The van der Waals surface area contributed by atoms with Crippen LogP contribution in [-0.4, -0.2) is 0 Å². The van der Waals surface area contributed by atoms with Crippen LogP contribution in [0.1, 0.15) is 0 Å². The molecular weight excluding hydrogens is 528 g/mol. The molecule has 0 saturated carbocycles. The summed E-state index contributed by atoms with van der Waals surface area (Å²) in [5, 5.41) is 12.8. The highest BCUT2D eigenvalue weighted by molar-refractivity contribution is 6.24. The summed E-state index contributed by atoms with van der Waals surface area (Å²) in [6, 6.07) is 62.4. The first-order chi connectivity index (χ1) is 21.8. The molecule has 0 radical (unpaired) electrons. The summed E-state index contributed by atoms with van der Waals surface area (Å²) >= 11 is 0. The second kappa shape index (κ2) is 9.93. The van der Waals surface area contributed by atoms with E-state index >= 15 is 0 Å². The van der Waals surface area contributed by atoms with Crippen LogP contribution in [0.4, 0.5) is 0 Å². The largest absolute Gasteiger partial charge is 0.0616 e. The second-order valence-corrected chi connectivity index (χ2v) is 11.7. The lowest BCUT2D eigenvalue weighted by Crippen LogP contribution is -1.89. The molecule has 0 aliphatic rings. The van der Waals surface area contributed by atoms with Gasteiger partial charge in [0.2, 0.25) is 0 Å². The molecule has 0 spiro atoms. The molecule has 0 N–H and O–H groups in total. The quantitative estimate of drug-likeness (QED) is 0.190. The number of fused-ring (bicyclic) bond motifs is 7.